The molecule has 0 aromatic heterocycles. The SMILES string of the molecule is O=C(O)C1(O)CC2CCCCN2C1. The molecule has 2 rings (SSSR count). The Hall–Kier alpha value is -0.610. The van der Waals surface area contributed by atoms with E-state index in [0.29, 0.717) is 19.0 Å². The van der Waals surface area contributed by atoms with Crippen molar-refractivity contribution in [3.05, 3.63) is 0 Å². The van der Waals surface area contributed by atoms with Gasteiger partial charge in [-0.25, -0.2) is 4.79 Å². The molecule has 2 N–H and O–H groups in total. The van der Waals surface area contributed by atoms with E-state index in [1.807, 2.05) is 0 Å². The van der Waals surface area contributed by atoms with Gasteiger partial charge in [-0.1, -0.05) is 6.42 Å². The Bertz CT molecular complexity index is 215. The van der Waals surface area contributed by atoms with Gasteiger partial charge in [-0.05, 0) is 19.4 Å². The van der Waals surface area contributed by atoms with E-state index in [0.717, 1.165) is 25.8 Å². The summed E-state index contributed by atoms with van der Waals surface area (Å²) in [5.74, 6) is -1.07. The van der Waals surface area contributed by atoms with Crippen molar-refractivity contribution in [3.8, 4) is 0 Å². The van der Waals surface area contributed by atoms with Crippen LogP contribution in [-0.4, -0.2) is 45.8 Å². The van der Waals surface area contributed by atoms with Crippen LogP contribution < -0.4 is 0 Å². The molecule has 2 aliphatic rings. The van der Waals surface area contributed by atoms with Crippen LogP contribution in [0.5, 0.6) is 0 Å². The van der Waals surface area contributed by atoms with Gasteiger partial charge >= 0.3 is 5.97 Å². The van der Waals surface area contributed by atoms with Crippen molar-refractivity contribution in [2.45, 2.75) is 37.3 Å². The smallest absolute Gasteiger partial charge is 0.337 e. The zero-order chi connectivity index (χ0) is 9.47. The Kier molecular flexibility index (Phi) is 2.04. The van der Waals surface area contributed by atoms with Crippen LogP contribution in [0.1, 0.15) is 25.7 Å². The topological polar surface area (TPSA) is 60.8 Å². The van der Waals surface area contributed by atoms with Crippen molar-refractivity contribution in [3.63, 3.8) is 0 Å². The predicted octanol–water partition coefficient (Wildman–Crippen LogP) is 0.0603. The van der Waals surface area contributed by atoms with Gasteiger partial charge in [0, 0.05) is 19.0 Å². The molecule has 74 valence electrons. The molecule has 0 aliphatic carbocycles. The Morgan fingerprint density at radius 1 is 1.46 bits per heavy atom. The van der Waals surface area contributed by atoms with E-state index >= 15 is 0 Å². The summed E-state index contributed by atoms with van der Waals surface area (Å²) in [5.41, 5.74) is -1.48. The number of hydrogen-bond donors (Lipinski definition) is 2. The highest BCUT2D eigenvalue weighted by molar-refractivity contribution is 5.78. The zero-order valence-corrected chi connectivity index (χ0v) is 7.57. The average molecular weight is 185 g/mol. The first-order valence-corrected chi connectivity index (χ1v) is 4.82. The Morgan fingerprint density at radius 2 is 2.23 bits per heavy atom. The number of aliphatic carboxylic acids is 1. The van der Waals surface area contributed by atoms with Crippen LogP contribution in [0.4, 0.5) is 0 Å². The maximum absolute atomic E-state index is 10.8. The molecule has 0 spiro atoms. The zero-order valence-electron chi connectivity index (χ0n) is 7.57. The van der Waals surface area contributed by atoms with E-state index < -0.39 is 11.6 Å². The number of hydrogen-bond acceptors (Lipinski definition) is 3. The highest BCUT2D eigenvalue weighted by Gasteiger charge is 2.48. The molecule has 4 heteroatoms. The molecule has 4 nitrogen and oxygen atoms in total. The fraction of sp³-hybridized carbons (Fsp3) is 0.889. The maximum Gasteiger partial charge on any atom is 0.337 e. The van der Waals surface area contributed by atoms with E-state index in [1.165, 1.54) is 0 Å². The highest BCUT2D eigenvalue weighted by atomic mass is 16.4. The minimum absolute atomic E-state index is 0.301. The van der Waals surface area contributed by atoms with Crippen molar-refractivity contribution in [2.75, 3.05) is 13.1 Å². The van der Waals surface area contributed by atoms with Gasteiger partial charge < -0.3 is 10.2 Å². The second kappa shape index (κ2) is 2.96. The fourth-order valence-corrected chi connectivity index (χ4v) is 2.44. The molecular weight excluding hydrogens is 170 g/mol. The number of carboxylic acid groups (broad SMARTS) is 1. The Labute approximate surface area is 77.2 Å². The van der Waals surface area contributed by atoms with Crippen LogP contribution in [0, 0.1) is 0 Å². The Morgan fingerprint density at radius 3 is 2.85 bits per heavy atom. The summed E-state index contributed by atoms with van der Waals surface area (Å²) in [5, 5.41) is 18.6. The molecule has 0 aromatic rings. The first-order chi connectivity index (χ1) is 6.12. The molecule has 2 atom stereocenters. The molecule has 2 saturated heterocycles. The number of rotatable bonds is 1. The molecule has 13 heavy (non-hydrogen) atoms. The quantitative estimate of drug-likeness (QED) is 0.606. The van der Waals surface area contributed by atoms with Crippen LogP contribution >= 0.6 is 0 Å². The minimum Gasteiger partial charge on any atom is -0.479 e. The lowest BCUT2D eigenvalue weighted by atomic mass is 9.97. The number of nitrogens with zero attached hydrogens (tertiary/aromatic N) is 1. The lowest BCUT2D eigenvalue weighted by molar-refractivity contribution is -0.157. The summed E-state index contributed by atoms with van der Waals surface area (Å²) < 4.78 is 0. The molecule has 2 fully saturated rings. The van der Waals surface area contributed by atoms with Gasteiger partial charge in [0.1, 0.15) is 0 Å². The van der Waals surface area contributed by atoms with Gasteiger partial charge in [0.05, 0.1) is 0 Å². The Balaban J connectivity index is 2.10. The standard InChI is InChI=1S/C9H15NO3/c11-8(12)9(13)5-7-3-1-2-4-10(7)6-9/h7,13H,1-6H2,(H,11,12). The van der Waals surface area contributed by atoms with Crippen molar-refractivity contribution in [1.82, 2.24) is 4.90 Å². The van der Waals surface area contributed by atoms with Crippen molar-refractivity contribution < 1.29 is 15.0 Å². The van der Waals surface area contributed by atoms with Crippen LogP contribution in [-0.2, 0) is 4.79 Å². The third-order valence-corrected chi connectivity index (χ3v) is 3.19. The van der Waals surface area contributed by atoms with E-state index in [9.17, 15) is 9.90 Å². The molecule has 0 radical (unpaired) electrons. The molecule has 2 unspecified atom stereocenters. The second-order valence-electron chi connectivity index (χ2n) is 4.16. The lowest BCUT2D eigenvalue weighted by Crippen LogP contribution is -2.41. The molecule has 2 aliphatic heterocycles. The molecule has 0 amide bonds. The number of carboxylic acids is 1. The molecule has 0 aromatic carbocycles. The summed E-state index contributed by atoms with van der Waals surface area (Å²) in [7, 11) is 0. The van der Waals surface area contributed by atoms with Gasteiger partial charge in [-0.3, -0.25) is 4.90 Å². The summed E-state index contributed by atoms with van der Waals surface area (Å²) in [4.78, 5) is 12.9. The number of fused-ring (bicyclic) bond motifs is 1. The number of carbonyl (C=O) groups is 1. The third kappa shape index (κ3) is 1.44. The van der Waals surface area contributed by atoms with E-state index in [4.69, 9.17) is 5.11 Å². The molecule has 2 heterocycles. The van der Waals surface area contributed by atoms with Crippen molar-refractivity contribution >= 4 is 5.97 Å². The van der Waals surface area contributed by atoms with E-state index in [1.54, 1.807) is 0 Å². The average Bonchev–Trinajstić information content (AvgIpc) is 2.42. The van der Waals surface area contributed by atoms with Crippen LogP contribution in [0.25, 0.3) is 0 Å². The van der Waals surface area contributed by atoms with Crippen LogP contribution in [0.2, 0.25) is 0 Å². The largest absolute Gasteiger partial charge is 0.479 e. The van der Waals surface area contributed by atoms with Crippen LogP contribution in [0.15, 0.2) is 0 Å². The van der Waals surface area contributed by atoms with Gasteiger partial charge in [0.15, 0.2) is 5.60 Å². The molecule has 0 saturated carbocycles. The molecular formula is C9H15NO3. The highest BCUT2D eigenvalue weighted by Crippen LogP contribution is 2.33. The lowest BCUT2D eigenvalue weighted by Gasteiger charge is -2.28. The van der Waals surface area contributed by atoms with Crippen LogP contribution in [0.3, 0.4) is 0 Å². The second-order valence-corrected chi connectivity index (χ2v) is 4.16. The van der Waals surface area contributed by atoms with E-state index in [-0.39, 0.29) is 0 Å². The van der Waals surface area contributed by atoms with Gasteiger partial charge in [0.2, 0.25) is 0 Å². The normalized spacial score (nSPS) is 40.2. The minimum atomic E-state index is -1.48. The summed E-state index contributed by atoms with van der Waals surface area (Å²) >= 11 is 0. The first kappa shape index (κ1) is 8.97. The van der Waals surface area contributed by atoms with Gasteiger partial charge in [-0.2, -0.15) is 0 Å². The van der Waals surface area contributed by atoms with E-state index in [2.05, 4.69) is 4.90 Å². The first-order valence-electron chi connectivity index (χ1n) is 4.82. The van der Waals surface area contributed by atoms with Gasteiger partial charge in [-0.15, -0.1) is 0 Å². The third-order valence-electron chi connectivity index (χ3n) is 3.19. The predicted molar refractivity (Wildman–Crippen MR) is 46.4 cm³/mol. The fourth-order valence-electron chi connectivity index (χ4n) is 2.44. The molecule has 0 bridgehead atoms. The van der Waals surface area contributed by atoms with Crippen molar-refractivity contribution in [2.24, 2.45) is 0 Å². The maximum atomic E-state index is 10.8. The van der Waals surface area contributed by atoms with Crippen molar-refractivity contribution in [1.29, 1.82) is 0 Å². The van der Waals surface area contributed by atoms with Gasteiger partial charge in [0.25, 0.3) is 0 Å². The summed E-state index contributed by atoms with van der Waals surface area (Å²) in [6.07, 6.45) is 3.74. The number of piperidine rings is 1. The number of aliphatic hydroxyl groups is 1. The summed E-state index contributed by atoms with van der Waals surface area (Å²) in [6, 6.07) is 0.301. The summed E-state index contributed by atoms with van der Waals surface area (Å²) in [6.45, 7) is 1.26. The monoisotopic (exact) mass is 185 g/mol.